The van der Waals surface area contributed by atoms with Gasteiger partial charge in [-0.2, -0.15) is 5.10 Å². The van der Waals surface area contributed by atoms with Gasteiger partial charge in [0, 0.05) is 10.9 Å². The molecule has 0 aliphatic carbocycles. The van der Waals surface area contributed by atoms with Crippen molar-refractivity contribution in [1.29, 1.82) is 0 Å². The van der Waals surface area contributed by atoms with Crippen molar-refractivity contribution in [2.75, 3.05) is 11.9 Å². The smallest absolute Gasteiger partial charge is 0.276 e. The molecular weight excluding hydrogens is 332 g/mol. The molecule has 0 fully saturated rings. The Balaban J connectivity index is 1.89. The summed E-state index contributed by atoms with van der Waals surface area (Å²) in [4.78, 5) is 18.6. The van der Waals surface area contributed by atoms with Crippen molar-refractivity contribution in [2.45, 2.75) is 20.4 Å². The summed E-state index contributed by atoms with van der Waals surface area (Å²) in [6.45, 7) is 4.01. The maximum atomic E-state index is 12.4. The van der Waals surface area contributed by atoms with Gasteiger partial charge >= 0.3 is 0 Å². The summed E-state index contributed by atoms with van der Waals surface area (Å²) in [5.41, 5.74) is 1.21. The van der Waals surface area contributed by atoms with Crippen LogP contribution >= 0.6 is 22.7 Å². The van der Waals surface area contributed by atoms with Gasteiger partial charge in [0.1, 0.15) is 17.2 Å². The number of aryl methyl sites for hydroxylation is 2. The van der Waals surface area contributed by atoms with Crippen molar-refractivity contribution >= 4 is 34.4 Å². The number of aliphatic hydroxyl groups is 1. The van der Waals surface area contributed by atoms with Crippen LogP contribution in [0, 0.1) is 13.8 Å². The molecule has 8 heteroatoms. The number of nitrogens with one attached hydrogen (secondary N) is 1. The fourth-order valence-electron chi connectivity index (χ4n) is 2.24. The first kappa shape index (κ1) is 15.9. The molecule has 0 aliphatic rings. The van der Waals surface area contributed by atoms with Crippen LogP contribution in [-0.4, -0.2) is 32.4 Å². The number of thiazole rings is 1. The summed E-state index contributed by atoms with van der Waals surface area (Å²) in [5, 5.41) is 19.3. The number of thiophene rings is 1. The zero-order valence-corrected chi connectivity index (χ0v) is 14.4. The summed E-state index contributed by atoms with van der Waals surface area (Å²) < 4.78 is 1.60. The molecule has 3 aromatic rings. The standard InChI is InChI=1S/C15H16N4O2S2/c1-9-14(16-10(2)23-9)15(21)17-13-8-11(12-4-3-7-22-12)18-19(13)5-6-20/h3-4,7-8,20H,5-6H2,1-2H3,(H,17,21). The van der Waals surface area contributed by atoms with Crippen molar-refractivity contribution in [2.24, 2.45) is 0 Å². The highest BCUT2D eigenvalue weighted by molar-refractivity contribution is 7.13. The van der Waals surface area contributed by atoms with Crippen LogP contribution in [0.4, 0.5) is 5.82 Å². The Morgan fingerprint density at radius 1 is 1.43 bits per heavy atom. The number of hydrogen-bond donors (Lipinski definition) is 2. The molecule has 6 nitrogen and oxygen atoms in total. The van der Waals surface area contributed by atoms with Crippen molar-refractivity contribution in [3.05, 3.63) is 39.2 Å². The fraction of sp³-hybridized carbons (Fsp3) is 0.267. The third-order valence-corrected chi connectivity index (χ3v) is 5.00. The quantitative estimate of drug-likeness (QED) is 0.743. The molecule has 0 bridgehead atoms. The topological polar surface area (TPSA) is 80.0 Å². The predicted molar refractivity (Wildman–Crippen MR) is 92.2 cm³/mol. The Kier molecular flexibility index (Phi) is 4.56. The number of aliphatic hydroxyl groups excluding tert-OH is 1. The molecule has 0 aromatic carbocycles. The molecule has 0 aliphatic heterocycles. The van der Waals surface area contributed by atoms with E-state index in [1.165, 1.54) is 11.3 Å². The highest BCUT2D eigenvalue weighted by Crippen LogP contribution is 2.26. The van der Waals surface area contributed by atoms with Crippen molar-refractivity contribution < 1.29 is 9.90 Å². The maximum Gasteiger partial charge on any atom is 0.276 e. The minimum absolute atomic E-state index is 0.0523. The van der Waals surface area contributed by atoms with Crippen LogP contribution in [0.15, 0.2) is 23.6 Å². The minimum atomic E-state index is -0.260. The molecule has 3 heterocycles. The second kappa shape index (κ2) is 6.61. The van der Waals surface area contributed by atoms with Gasteiger partial charge in [0.25, 0.3) is 5.91 Å². The second-order valence-electron chi connectivity index (χ2n) is 4.93. The van der Waals surface area contributed by atoms with E-state index in [4.69, 9.17) is 0 Å². The van der Waals surface area contributed by atoms with Gasteiger partial charge < -0.3 is 10.4 Å². The summed E-state index contributed by atoms with van der Waals surface area (Å²) in [7, 11) is 0. The van der Waals surface area contributed by atoms with Gasteiger partial charge in [0.05, 0.1) is 23.0 Å². The molecule has 0 unspecified atom stereocenters. The Hall–Kier alpha value is -2.03. The second-order valence-corrected chi connectivity index (χ2v) is 7.29. The highest BCUT2D eigenvalue weighted by Gasteiger charge is 2.17. The number of aromatic nitrogens is 3. The zero-order valence-electron chi connectivity index (χ0n) is 12.7. The molecule has 0 spiro atoms. The minimum Gasteiger partial charge on any atom is -0.394 e. The van der Waals surface area contributed by atoms with E-state index in [2.05, 4.69) is 15.4 Å². The molecule has 3 rings (SSSR count). The first-order chi connectivity index (χ1) is 11.1. The van der Waals surface area contributed by atoms with Crippen LogP contribution in [0.25, 0.3) is 10.6 Å². The van der Waals surface area contributed by atoms with Gasteiger partial charge in [-0.05, 0) is 25.3 Å². The number of nitrogens with zero attached hydrogens (tertiary/aromatic N) is 3. The SMILES string of the molecule is Cc1nc(C(=O)Nc2cc(-c3cccs3)nn2CCO)c(C)s1. The Labute approximate surface area is 141 Å². The first-order valence-corrected chi connectivity index (χ1v) is 8.76. The summed E-state index contributed by atoms with van der Waals surface area (Å²) in [6, 6.07) is 5.73. The van der Waals surface area contributed by atoms with Gasteiger partial charge in [-0.25, -0.2) is 9.67 Å². The molecule has 120 valence electrons. The summed E-state index contributed by atoms with van der Waals surface area (Å²) in [6.07, 6.45) is 0. The lowest BCUT2D eigenvalue weighted by atomic mass is 10.3. The van der Waals surface area contributed by atoms with Crippen molar-refractivity contribution in [3.63, 3.8) is 0 Å². The Bertz CT molecular complexity index is 821. The molecule has 1 amide bonds. The fourth-order valence-corrected chi connectivity index (χ4v) is 3.74. The van der Waals surface area contributed by atoms with Gasteiger partial charge in [-0.15, -0.1) is 22.7 Å². The highest BCUT2D eigenvalue weighted by atomic mass is 32.1. The van der Waals surface area contributed by atoms with E-state index < -0.39 is 0 Å². The van der Waals surface area contributed by atoms with Crippen LogP contribution in [-0.2, 0) is 6.54 Å². The molecule has 3 aromatic heterocycles. The molecule has 23 heavy (non-hydrogen) atoms. The van der Waals surface area contributed by atoms with Crippen LogP contribution in [0.5, 0.6) is 0 Å². The lowest BCUT2D eigenvalue weighted by Gasteiger charge is -2.06. The van der Waals surface area contributed by atoms with E-state index in [-0.39, 0.29) is 12.5 Å². The molecule has 0 radical (unpaired) electrons. The molecular formula is C15H16N4O2S2. The predicted octanol–water partition coefficient (Wildman–Crippen LogP) is 2.93. The average Bonchev–Trinajstić information content (AvgIpc) is 3.20. The molecule has 2 N–H and O–H groups in total. The molecule has 0 atom stereocenters. The van der Waals surface area contributed by atoms with Crippen molar-refractivity contribution in [3.8, 4) is 10.6 Å². The summed E-state index contributed by atoms with van der Waals surface area (Å²) >= 11 is 3.07. The number of carbonyl (C=O) groups excluding carboxylic acids is 1. The number of anilines is 1. The number of hydrogen-bond acceptors (Lipinski definition) is 6. The molecule has 0 saturated carbocycles. The van der Waals surface area contributed by atoms with E-state index in [1.807, 2.05) is 37.4 Å². The third-order valence-electron chi connectivity index (χ3n) is 3.23. The van der Waals surface area contributed by atoms with E-state index in [0.717, 1.165) is 20.5 Å². The van der Waals surface area contributed by atoms with Crippen molar-refractivity contribution in [1.82, 2.24) is 14.8 Å². The lowest BCUT2D eigenvalue weighted by Crippen LogP contribution is -2.17. The Morgan fingerprint density at radius 3 is 2.87 bits per heavy atom. The van der Waals surface area contributed by atoms with E-state index >= 15 is 0 Å². The van der Waals surface area contributed by atoms with Crippen LogP contribution in [0.2, 0.25) is 0 Å². The van der Waals surface area contributed by atoms with Crippen LogP contribution in [0.3, 0.4) is 0 Å². The number of carbonyl (C=O) groups is 1. The zero-order chi connectivity index (χ0) is 16.4. The Morgan fingerprint density at radius 2 is 2.26 bits per heavy atom. The van der Waals surface area contributed by atoms with Crippen LogP contribution < -0.4 is 5.32 Å². The monoisotopic (exact) mass is 348 g/mol. The molecule has 0 saturated heterocycles. The number of rotatable bonds is 5. The number of amides is 1. The van der Waals surface area contributed by atoms with Gasteiger partial charge in [0.2, 0.25) is 0 Å². The maximum absolute atomic E-state index is 12.4. The summed E-state index contributed by atoms with van der Waals surface area (Å²) in [5.74, 6) is 0.293. The van der Waals surface area contributed by atoms with E-state index in [0.29, 0.717) is 18.1 Å². The lowest BCUT2D eigenvalue weighted by molar-refractivity contribution is 0.102. The third kappa shape index (κ3) is 3.34. The normalized spacial score (nSPS) is 10.9. The van der Waals surface area contributed by atoms with Gasteiger partial charge in [-0.1, -0.05) is 6.07 Å². The first-order valence-electron chi connectivity index (χ1n) is 7.06. The largest absolute Gasteiger partial charge is 0.394 e. The van der Waals surface area contributed by atoms with E-state index in [9.17, 15) is 9.90 Å². The van der Waals surface area contributed by atoms with Gasteiger partial charge in [-0.3, -0.25) is 4.79 Å². The van der Waals surface area contributed by atoms with Gasteiger partial charge in [0.15, 0.2) is 0 Å². The van der Waals surface area contributed by atoms with E-state index in [1.54, 1.807) is 16.0 Å². The average molecular weight is 348 g/mol. The van der Waals surface area contributed by atoms with Crippen LogP contribution in [0.1, 0.15) is 20.4 Å².